The van der Waals surface area contributed by atoms with Crippen LogP contribution in [0.15, 0.2) is 24.3 Å². The molecule has 4 heteroatoms. The summed E-state index contributed by atoms with van der Waals surface area (Å²) < 4.78 is 0. The van der Waals surface area contributed by atoms with Gasteiger partial charge in [0.2, 0.25) is 5.91 Å². The molecule has 1 amide bonds. The van der Waals surface area contributed by atoms with Crippen LogP contribution in [0.4, 0.5) is 0 Å². The fourth-order valence-corrected chi connectivity index (χ4v) is 1.91. The van der Waals surface area contributed by atoms with E-state index in [1.165, 1.54) is 0 Å². The molecule has 0 heterocycles. The number of carbonyl (C=O) groups is 2. The van der Waals surface area contributed by atoms with Crippen molar-refractivity contribution in [2.45, 2.75) is 39.0 Å². The van der Waals surface area contributed by atoms with E-state index < -0.39 is 0 Å². The third-order valence-corrected chi connectivity index (χ3v) is 3.06. The smallest absolute Gasteiger partial charge is 0.220 e. The van der Waals surface area contributed by atoms with Crippen molar-refractivity contribution in [1.29, 1.82) is 0 Å². The van der Waals surface area contributed by atoms with Crippen molar-refractivity contribution in [2.24, 2.45) is 0 Å². The van der Waals surface area contributed by atoms with Gasteiger partial charge in [0.15, 0.2) is 5.78 Å². The third kappa shape index (κ3) is 6.39. The first-order valence-electron chi connectivity index (χ1n) is 6.69. The summed E-state index contributed by atoms with van der Waals surface area (Å²) in [5.74, 6) is -0.113. The highest BCUT2D eigenvalue weighted by Crippen LogP contribution is 2.13. The van der Waals surface area contributed by atoms with E-state index in [1.807, 2.05) is 0 Å². The van der Waals surface area contributed by atoms with E-state index in [4.69, 9.17) is 11.6 Å². The Bertz CT molecular complexity index is 432. The van der Waals surface area contributed by atoms with Gasteiger partial charge in [0.05, 0.1) is 0 Å². The quantitative estimate of drug-likeness (QED) is 0.584. The molecule has 0 saturated carbocycles. The number of hydrogen-bond donors (Lipinski definition) is 1. The lowest BCUT2D eigenvalue weighted by atomic mass is 10.1. The SMILES string of the molecule is CCCCCNC(=O)CCC(=O)c1cccc(Cl)c1. The van der Waals surface area contributed by atoms with E-state index in [0.717, 1.165) is 19.3 Å². The van der Waals surface area contributed by atoms with E-state index in [1.54, 1.807) is 24.3 Å². The first-order chi connectivity index (χ1) is 9.13. The molecule has 1 N–H and O–H groups in total. The second kappa shape index (κ2) is 8.70. The van der Waals surface area contributed by atoms with Crippen LogP contribution in [0.3, 0.4) is 0 Å². The summed E-state index contributed by atoms with van der Waals surface area (Å²) in [6.07, 6.45) is 3.69. The number of ketones is 1. The van der Waals surface area contributed by atoms with E-state index in [2.05, 4.69) is 12.2 Å². The van der Waals surface area contributed by atoms with E-state index in [0.29, 0.717) is 17.1 Å². The van der Waals surface area contributed by atoms with Crippen LogP contribution in [0, 0.1) is 0 Å². The fraction of sp³-hybridized carbons (Fsp3) is 0.467. The minimum absolute atomic E-state index is 0.0498. The summed E-state index contributed by atoms with van der Waals surface area (Å²) >= 11 is 5.82. The van der Waals surface area contributed by atoms with Gasteiger partial charge in [-0.15, -0.1) is 0 Å². The van der Waals surface area contributed by atoms with Crippen LogP contribution in [0.25, 0.3) is 0 Å². The molecule has 0 aliphatic carbocycles. The van der Waals surface area contributed by atoms with Crippen LogP contribution >= 0.6 is 11.6 Å². The molecule has 0 radical (unpaired) electrons. The number of amides is 1. The second-order valence-corrected chi connectivity index (χ2v) is 4.93. The number of nitrogens with one attached hydrogen (secondary N) is 1. The summed E-state index contributed by atoms with van der Waals surface area (Å²) in [5, 5.41) is 3.36. The van der Waals surface area contributed by atoms with Crippen molar-refractivity contribution in [2.75, 3.05) is 6.54 Å². The minimum atomic E-state index is -0.0634. The van der Waals surface area contributed by atoms with Gasteiger partial charge >= 0.3 is 0 Å². The van der Waals surface area contributed by atoms with Gasteiger partial charge in [-0.2, -0.15) is 0 Å². The molecule has 19 heavy (non-hydrogen) atoms. The maximum Gasteiger partial charge on any atom is 0.220 e. The normalized spacial score (nSPS) is 10.2. The molecular formula is C15H20ClNO2. The third-order valence-electron chi connectivity index (χ3n) is 2.83. The molecule has 0 aliphatic heterocycles. The van der Waals surface area contributed by atoms with Crippen LogP contribution < -0.4 is 5.32 Å². The first kappa shape index (κ1) is 15.7. The largest absolute Gasteiger partial charge is 0.356 e. The second-order valence-electron chi connectivity index (χ2n) is 4.49. The zero-order chi connectivity index (χ0) is 14.1. The summed E-state index contributed by atoms with van der Waals surface area (Å²) in [7, 11) is 0. The standard InChI is InChI=1S/C15H20ClNO2/c1-2-3-4-10-17-15(19)9-8-14(18)12-6-5-7-13(16)11-12/h5-7,11H,2-4,8-10H2,1H3,(H,17,19). The molecular weight excluding hydrogens is 262 g/mol. The molecule has 104 valence electrons. The molecule has 0 spiro atoms. The van der Waals surface area contributed by atoms with Crippen molar-refractivity contribution in [1.82, 2.24) is 5.32 Å². The van der Waals surface area contributed by atoms with Crippen molar-refractivity contribution in [3.63, 3.8) is 0 Å². The number of rotatable bonds is 8. The number of benzene rings is 1. The van der Waals surface area contributed by atoms with Crippen LogP contribution in [0.1, 0.15) is 49.4 Å². The van der Waals surface area contributed by atoms with E-state index in [9.17, 15) is 9.59 Å². The Balaban J connectivity index is 2.28. The molecule has 0 saturated heterocycles. The lowest BCUT2D eigenvalue weighted by molar-refractivity contribution is -0.121. The molecule has 0 fully saturated rings. The van der Waals surface area contributed by atoms with Gasteiger partial charge in [0.1, 0.15) is 0 Å². The zero-order valence-electron chi connectivity index (χ0n) is 11.2. The molecule has 1 aromatic carbocycles. The van der Waals surface area contributed by atoms with Crippen LogP contribution in [0.5, 0.6) is 0 Å². The average Bonchev–Trinajstić information content (AvgIpc) is 2.41. The van der Waals surface area contributed by atoms with Crippen LogP contribution in [0.2, 0.25) is 5.02 Å². The number of unbranched alkanes of at least 4 members (excludes halogenated alkanes) is 2. The van der Waals surface area contributed by atoms with Gasteiger partial charge in [-0.1, -0.05) is 43.5 Å². The average molecular weight is 282 g/mol. The Kier molecular flexibility index (Phi) is 7.19. The molecule has 3 nitrogen and oxygen atoms in total. The van der Waals surface area contributed by atoms with E-state index >= 15 is 0 Å². The molecule has 0 aliphatic rings. The maximum atomic E-state index is 11.8. The molecule has 0 atom stereocenters. The number of hydrogen-bond acceptors (Lipinski definition) is 2. The molecule has 0 unspecified atom stereocenters. The molecule has 1 rings (SSSR count). The van der Waals surface area contributed by atoms with Gasteiger partial charge in [-0.05, 0) is 18.6 Å². The lowest BCUT2D eigenvalue weighted by Gasteiger charge is -2.04. The lowest BCUT2D eigenvalue weighted by Crippen LogP contribution is -2.24. The van der Waals surface area contributed by atoms with Crippen LogP contribution in [-0.4, -0.2) is 18.2 Å². The van der Waals surface area contributed by atoms with Gasteiger partial charge in [0.25, 0.3) is 0 Å². The van der Waals surface area contributed by atoms with Gasteiger partial charge < -0.3 is 5.32 Å². The van der Waals surface area contributed by atoms with Crippen molar-refractivity contribution < 1.29 is 9.59 Å². The predicted molar refractivity (Wildman–Crippen MR) is 77.6 cm³/mol. The molecule has 1 aromatic rings. The summed E-state index contributed by atoms with van der Waals surface area (Å²) in [4.78, 5) is 23.4. The van der Waals surface area contributed by atoms with Gasteiger partial charge in [-0.3, -0.25) is 9.59 Å². The Labute approximate surface area is 119 Å². The van der Waals surface area contributed by atoms with Crippen molar-refractivity contribution in [3.8, 4) is 0 Å². The molecule has 0 aromatic heterocycles. The Hall–Kier alpha value is -1.35. The highest BCUT2D eigenvalue weighted by atomic mass is 35.5. The van der Waals surface area contributed by atoms with E-state index in [-0.39, 0.29) is 24.5 Å². The van der Waals surface area contributed by atoms with Crippen LogP contribution in [-0.2, 0) is 4.79 Å². The van der Waals surface area contributed by atoms with Gasteiger partial charge in [-0.25, -0.2) is 0 Å². The summed E-state index contributed by atoms with van der Waals surface area (Å²) in [6, 6.07) is 6.80. The van der Waals surface area contributed by atoms with Crippen molar-refractivity contribution in [3.05, 3.63) is 34.9 Å². The number of halogens is 1. The highest BCUT2D eigenvalue weighted by Gasteiger charge is 2.09. The minimum Gasteiger partial charge on any atom is -0.356 e. The highest BCUT2D eigenvalue weighted by molar-refractivity contribution is 6.31. The first-order valence-corrected chi connectivity index (χ1v) is 7.06. The topological polar surface area (TPSA) is 46.2 Å². The summed E-state index contributed by atoms with van der Waals surface area (Å²) in [6.45, 7) is 2.81. The zero-order valence-corrected chi connectivity index (χ0v) is 12.0. The van der Waals surface area contributed by atoms with Crippen molar-refractivity contribution >= 4 is 23.3 Å². The Morgan fingerprint density at radius 1 is 1.21 bits per heavy atom. The van der Waals surface area contributed by atoms with Gasteiger partial charge in [0, 0.05) is 30.0 Å². The number of Topliss-reactive ketones (excluding diaryl/α,β-unsaturated/α-hetero) is 1. The Morgan fingerprint density at radius 2 is 2.00 bits per heavy atom. The fourth-order valence-electron chi connectivity index (χ4n) is 1.72. The maximum absolute atomic E-state index is 11.8. The number of carbonyl (C=O) groups excluding carboxylic acids is 2. The predicted octanol–water partition coefficient (Wildman–Crippen LogP) is 3.61. The monoisotopic (exact) mass is 281 g/mol. The molecule has 0 bridgehead atoms. The Morgan fingerprint density at radius 3 is 2.68 bits per heavy atom. The summed E-state index contributed by atoms with van der Waals surface area (Å²) in [5.41, 5.74) is 0.561.